The number of likely N-dealkylation sites (N-methyl/N-ethyl adjacent to an activating group) is 1. The number of amides is 1. The molecular formula is C24H26F3N5O3S. The average molecular weight is 522 g/mol. The number of alkyl halides is 3. The molecule has 0 atom stereocenters. The molecule has 1 aliphatic heterocycles. The first kappa shape index (κ1) is 25.8. The fourth-order valence-corrected chi connectivity index (χ4v) is 4.41. The lowest BCUT2D eigenvalue weighted by molar-refractivity contribution is -0.137. The van der Waals surface area contributed by atoms with Crippen molar-refractivity contribution in [2.45, 2.75) is 18.3 Å². The van der Waals surface area contributed by atoms with E-state index < -0.39 is 17.6 Å². The summed E-state index contributed by atoms with van der Waals surface area (Å²) < 4.78 is 50.9. The van der Waals surface area contributed by atoms with Gasteiger partial charge >= 0.3 is 6.18 Å². The Kier molecular flexibility index (Phi) is 8.04. The first-order valence-corrected chi connectivity index (χ1v) is 12.3. The van der Waals surface area contributed by atoms with Crippen LogP contribution in [0.3, 0.4) is 0 Å². The van der Waals surface area contributed by atoms with Crippen molar-refractivity contribution >= 4 is 29.0 Å². The highest BCUT2D eigenvalue weighted by atomic mass is 32.2. The number of anilines is 2. The molecule has 0 bridgehead atoms. The van der Waals surface area contributed by atoms with Gasteiger partial charge in [-0.25, -0.2) is 0 Å². The van der Waals surface area contributed by atoms with Gasteiger partial charge in [-0.1, -0.05) is 24.8 Å². The summed E-state index contributed by atoms with van der Waals surface area (Å²) in [5.41, 5.74) is 0.536. The van der Waals surface area contributed by atoms with E-state index >= 15 is 0 Å². The Balaban J connectivity index is 1.44. The maximum atomic E-state index is 13.4. The van der Waals surface area contributed by atoms with Gasteiger partial charge in [0, 0.05) is 31.7 Å². The summed E-state index contributed by atoms with van der Waals surface area (Å²) in [5, 5.41) is 10.8. The van der Waals surface area contributed by atoms with Crippen molar-refractivity contribution in [2.24, 2.45) is 0 Å². The van der Waals surface area contributed by atoms with E-state index in [1.807, 2.05) is 4.90 Å². The number of halogens is 3. The molecule has 0 saturated carbocycles. The summed E-state index contributed by atoms with van der Waals surface area (Å²) in [6, 6.07) is 10.5. The number of nitrogens with zero attached hydrogens (tertiary/aromatic N) is 4. The van der Waals surface area contributed by atoms with Crippen molar-refractivity contribution in [3.8, 4) is 17.2 Å². The van der Waals surface area contributed by atoms with E-state index in [0.29, 0.717) is 30.1 Å². The Morgan fingerprint density at radius 1 is 1.14 bits per heavy atom. The number of carbonyl (C=O) groups excluding carboxylic acids is 1. The maximum Gasteiger partial charge on any atom is 0.416 e. The number of methoxy groups -OCH3 is 1. The summed E-state index contributed by atoms with van der Waals surface area (Å²) in [6.45, 7) is 5.90. The van der Waals surface area contributed by atoms with E-state index in [1.54, 1.807) is 31.4 Å². The van der Waals surface area contributed by atoms with Crippen molar-refractivity contribution in [1.29, 1.82) is 0 Å². The lowest BCUT2D eigenvalue weighted by atomic mass is 10.1. The van der Waals surface area contributed by atoms with Gasteiger partial charge in [0.1, 0.15) is 5.75 Å². The van der Waals surface area contributed by atoms with Gasteiger partial charge in [-0.15, -0.1) is 10.2 Å². The smallest absolute Gasteiger partial charge is 0.416 e. The molecule has 1 fully saturated rings. The fraction of sp³-hybridized carbons (Fsp3) is 0.375. The van der Waals surface area contributed by atoms with E-state index in [9.17, 15) is 18.0 Å². The number of hydrogen-bond acceptors (Lipinski definition) is 8. The van der Waals surface area contributed by atoms with Crippen molar-refractivity contribution in [1.82, 2.24) is 15.1 Å². The normalized spacial score (nSPS) is 14.6. The number of benzene rings is 2. The molecule has 3 aromatic rings. The van der Waals surface area contributed by atoms with Gasteiger partial charge in [0.15, 0.2) is 0 Å². The van der Waals surface area contributed by atoms with Gasteiger partial charge < -0.3 is 24.3 Å². The third-order valence-electron chi connectivity index (χ3n) is 5.81. The molecule has 0 aliphatic carbocycles. The summed E-state index contributed by atoms with van der Waals surface area (Å²) in [5.74, 6) is 0.309. The minimum atomic E-state index is -4.52. The molecule has 1 amide bonds. The number of aromatic nitrogens is 2. The number of thioether (sulfide) groups is 1. The molecule has 2 aromatic carbocycles. The van der Waals surface area contributed by atoms with E-state index in [0.717, 1.165) is 43.5 Å². The third kappa shape index (κ3) is 6.30. The molecule has 12 heteroatoms. The molecule has 1 N–H and O–H groups in total. The van der Waals surface area contributed by atoms with Crippen molar-refractivity contribution in [2.75, 3.05) is 55.8 Å². The minimum absolute atomic E-state index is 0.112. The standard InChI is InChI=1S/C24H26F3N5O3S/c1-3-31-9-11-32(12-10-31)20-8-7-17(24(25,26)27)14-19(20)28-21(33)15-36-23-30-29-22(35-23)16-5-4-6-18(13-16)34-2/h4-8,13-14H,3,9-12,15H2,1-2H3,(H,28,33). The molecule has 192 valence electrons. The summed E-state index contributed by atoms with van der Waals surface area (Å²) >= 11 is 1.00. The predicted molar refractivity (Wildman–Crippen MR) is 131 cm³/mol. The van der Waals surface area contributed by atoms with Crippen LogP contribution in [0.1, 0.15) is 12.5 Å². The van der Waals surface area contributed by atoms with Crippen molar-refractivity contribution < 1.29 is 27.1 Å². The Morgan fingerprint density at radius 3 is 2.61 bits per heavy atom. The molecule has 1 aliphatic rings. The maximum absolute atomic E-state index is 13.4. The first-order chi connectivity index (χ1) is 17.3. The number of carbonyl (C=O) groups is 1. The highest BCUT2D eigenvalue weighted by Crippen LogP contribution is 2.36. The molecule has 4 rings (SSSR count). The van der Waals surface area contributed by atoms with E-state index in [1.165, 1.54) is 6.07 Å². The topological polar surface area (TPSA) is 83.7 Å². The van der Waals surface area contributed by atoms with Gasteiger partial charge in [0.2, 0.25) is 11.8 Å². The van der Waals surface area contributed by atoms with E-state index in [4.69, 9.17) is 9.15 Å². The molecule has 36 heavy (non-hydrogen) atoms. The first-order valence-electron chi connectivity index (χ1n) is 11.4. The second kappa shape index (κ2) is 11.2. The van der Waals surface area contributed by atoms with Crippen LogP contribution in [0, 0.1) is 0 Å². The van der Waals surface area contributed by atoms with Crippen LogP contribution in [0.5, 0.6) is 5.75 Å². The molecule has 2 heterocycles. The Labute approximate surface area is 210 Å². The molecule has 0 spiro atoms. The predicted octanol–water partition coefficient (Wildman–Crippen LogP) is 4.64. The van der Waals surface area contributed by atoms with Gasteiger partial charge in [0.05, 0.1) is 29.8 Å². The molecule has 1 aromatic heterocycles. The van der Waals surface area contributed by atoms with Crippen LogP contribution >= 0.6 is 11.8 Å². The van der Waals surface area contributed by atoms with Crippen LogP contribution in [0.4, 0.5) is 24.5 Å². The monoisotopic (exact) mass is 521 g/mol. The highest BCUT2D eigenvalue weighted by molar-refractivity contribution is 7.99. The zero-order valence-corrected chi connectivity index (χ0v) is 20.7. The lowest BCUT2D eigenvalue weighted by Gasteiger charge is -2.36. The fourth-order valence-electron chi connectivity index (χ4n) is 3.85. The van der Waals surface area contributed by atoms with Crippen LogP contribution in [-0.2, 0) is 11.0 Å². The third-order valence-corrected chi connectivity index (χ3v) is 6.63. The van der Waals surface area contributed by atoms with Crippen LogP contribution < -0.4 is 15.0 Å². The highest BCUT2D eigenvalue weighted by Gasteiger charge is 2.32. The van der Waals surface area contributed by atoms with Gasteiger partial charge in [-0.05, 0) is 42.9 Å². The molecule has 1 saturated heterocycles. The lowest BCUT2D eigenvalue weighted by Crippen LogP contribution is -2.46. The van der Waals surface area contributed by atoms with Crippen LogP contribution in [-0.4, -0.2) is 66.6 Å². The Morgan fingerprint density at radius 2 is 1.92 bits per heavy atom. The second-order valence-electron chi connectivity index (χ2n) is 8.09. The zero-order valence-electron chi connectivity index (χ0n) is 19.8. The van der Waals surface area contributed by atoms with E-state index in [-0.39, 0.29) is 22.6 Å². The van der Waals surface area contributed by atoms with Gasteiger partial charge in [-0.2, -0.15) is 13.2 Å². The number of nitrogens with one attached hydrogen (secondary N) is 1. The largest absolute Gasteiger partial charge is 0.497 e. The van der Waals surface area contributed by atoms with E-state index in [2.05, 4.69) is 27.3 Å². The Bertz CT molecular complexity index is 1200. The SMILES string of the molecule is CCN1CCN(c2ccc(C(F)(F)F)cc2NC(=O)CSc2nnc(-c3cccc(OC)c3)o2)CC1. The van der Waals surface area contributed by atoms with Crippen LogP contribution in [0.25, 0.3) is 11.5 Å². The summed E-state index contributed by atoms with van der Waals surface area (Å²) in [6.07, 6.45) is -4.52. The van der Waals surface area contributed by atoms with Crippen LogP contribution in [0.15, 0.2) is 52.1 Å². The van der Waals surface area contributed by atoms with Gasteiger partial charge in [0.25, 0.3) is 5.22 Å². The summed E-state index contributed by atoms with van der Waals surface area (Å²) in [7, 11) is 1.55. The second-order valence-corrected chi connectivity index (χ2v) is 9.02. The number of rotatable bonds is 8. The van der Waals surface area contributed by atoms with Crippen molar-refractivity contribution in [3.63, 3.8) is 0 Å². The summed E-state index contributed by atoms with van der Waals surface area (Å²) in [4.78, 5) is 17.0. The molecule has 0 radical (unpaired) electrons. The minimum Gasteiger partial charge on any atom is -0.497 e. The molecule has 0 unspecified atom stereocenters. The molecular weight excluding hydrogens is 495 g/mol. The van der Waals surface area contributed by atoms with Crippen molar-refractivity contribution in [3.05, 3.63) is 48.0 Å². The number of ether oxygens (including phenoxy) is 1. The quantitative estimate of drug-likeness (QED) is 0.430. The zero-order chi connectivity index (χ0) is 25.7. The van der Waals surface area contributed by atoms with Crippen LogP contribution in [0.2, 0.25) is 0 Å². The molecule has 8 nitrogen and oxygen atoms in total. The Hall–Kier alpha value is -3.25. The average Bonchev–Trinajstić information content (AvgIpc) is 3.36. The van der Waals surface area contributed by atoms with Gasteiger partial charge in [-0.3, -0.25) is 4.79 Å². The number of hydrogen-bond donors (Lipinski definition) is 1. The number of piperazine rings is 1.